The molecule has 0 aliphatic carbocycles. The third-order valence-corrected chi connectivity index (χ3v) is 9.73. The molecule has 0 radical (unpaired) electrons. The fourth-order valence-electron chi connectivity index (χ4n) is 6.66. The number of benzene rings is 6. The lowest BCUT2D eigenvalue weighted by Gasteiger charge is -2.06. The third-order valence-electron chi connectivity index (χ3n) is 9.73. The van der Waals surface area contributed by atoms with E-state index in [-0.39, 0.29) is 38.1 Å². The quantitative estimate of drug-likeness (QED) is 0.129. The van der Waals surface area contributed by atoms with E-state index in [1.54, 1.807) is 41.6 Å². The predicted molar refractivity (Wildman–Crippen MR) is 259 cm³/mol. The van der Waals surface area contributed by atoms with E-state index in [9.17, 15) is 18.0 Å². The first-order chi connectivity index (χ1) is 31.1. The molecule has 11 rings (SSSR count). The molecule has 6 aromatic carbocycles. The highest BCUT2D eigenvalue weighted by molar-refractivity contribution is 6.04. The number of nitrogens with two attached hydrogens (primary N) is 1. The number of allylic oxidation sites excluding steroid dienone is 1. The average Bonchev–Trinajstić information content (AvgIpc) is 4.01. The number of hydrogen-bond acceptors (Lipinski definition) is 8. The maximum atomic E-state index is 13.1. The molecule has 11 aromatic rings. The molecule has 0 spiro atoms. The van der Waals surface area contributed by atoms with Gasteiger partial charge in [-0.1, -0.05) is 51.3 Å². The molecular weight excluding hydrogens is 838 g/mol. The lowest BCUT2D eigenvalue weighted by atomic mass is 10.1. The van der Waals surface area contributed by atoms with Gasteiger partial charge in [-0.05, 0) is 127 Å². The van der Waals surface area contributed by atoms with Crippen LogP contribution in [0.2, 0.25) is 0 Å². The van der Waals surface area contributed by atoms with Gasteiger partial charge in [-0.3, -0.25) is 13.6 Å². The normalized spacial score (nSPS) is 10.6. The number of nitrogens with zero attached hydrogens (tertiary/aromatic N) is 8. The molecule has 0 atom stereocenters. The van der Waals surface area contributed by atoms with Crippen molar-refractivity contribution in [2.24, 2.45) is 0 Å². The van der Waals surface area contributed by atoms with Gasteiger partial charge in [0.2, 0.25) is 11.6 Å². The first kappa shape index (κ1) is 46.8. The minimum absolute atomic E-state index is 0. The number of carbonyl (C=O) groups is 1. The number of imidazole rings is 3. The molecule has 14 heteroatoms. The van der Waals surface area contributed by atoms with Crippen LogP contribution in [0, 0.1) is 17.5 Å². The van der Waals surface area contributed by atoms with E-state index < -0.39 is 0 Å². The van der Waals surface area contributed by atoms with Gasteiger partial charge < -0.3 is 15.6 Å². The number of carbonyl (C=O) groups excluding carboxylic acids is 1. The molecule has 0 aliphatic rings. The second-order valence-electron chi connectivity index (χ2n) is 14.5. The van der Waals surface area contributed by atoms with Crippen molar-refractivity contribution in [2.45, 2.75) is 14.9 Å². The van der Waals surface area contributed by atoms with Gasteiger partial charge >= 0.3 is 0 Å². The highest BCUT2D eigenvalue weighted by Crippen LogP contribution is 2.25. The van der Waals surface area contributed by atoms with Crippen LogP contribution in [-0.4, -0.2) is 63.5 Å². The number of aromatic nitrogens is 8. The van der Waals surface area contributed by atoms with E-state index in [1.807, 2.05) is 114 Å². The number of nitrogen functional groups attached to an aromatic ring is 1. The zero-order valence-electron chi connectivity index (χ0n) is 34.5. The molecule has 5 heterocycles. The van der Waals surface area contributed by atoms with Gasteiger partial charge in [-0.25, -0.2) is 38.1 Å². The number of H-pyrrole nitrogens is 1. The second-order valence-corrected chi connectivity index (χ2v) is 14.5. The van der Waals surface area contributed by atoms with Crippen molar-refractivity contribution in [1.82, 2.24) is 43.6 Å². The van der Waals surface area contributed by atoms with Crippen molar-refractivity contribution in [1.29, 1.82) is 0 Å². The summed E-state index contributed by atoms with van der Waals surface area (Å²) in [4.78, 5) is 38.0. The molecule has 3 N–H and O–H groups in total. The molecule has 0 fully saturated rings. The van der Waals surface area contributed by atoms with Crippen LogP contribution in [-0.2, 0) is 0 Å². The van der Waals surface area contributed by atoms with Crippen LogP contribution in [0.4, 0.5) is 19.1 Å². The van der Waals surface area contributed by atoms with E-state index in [0.717, 1.165) is 55.6 Å². The molecule has 0 amide bonds. The first-order valence-electron chi connectivity index (χ1n) is 19.9. The van der Waals surface area contributed by atoms with Crippen LogP contribution in [0.3, 0.4) is 0 Å². The summed E-state index contributed by atoms with van der Waals surface area (Å²) in [6.07, 6.45) is 6.77. The van der Waals surface area contributed by atoms with Crippen molar-refractivity contribution in [2.75, 3.05) is 19.8 Å². The Kier molecular flexibility index (Phi) is 15.0. The SMILES string of the molecule is C.C.CN(C)/C=C/C(=O)c1ccc(F)cc1.Fc1ccc(-c2ccn3c(n2)nc2ccccc23)cc1.Fc1ccc(-c2ccnc3nc4ccccc4n23)cc1.Nc1nc2ccccc2[nH]1. The Labute approximate surface area is 379 Å². The standard InChI is InChI=1S/2C16H10FN3.C11H12FNO.C7H7N3.2CH4/c17-12-7-5-11(6-8-12)13-9-10-20-15-4-2-1-3-14(15)19-16(20)18-13;17-12-7-5-11(6-8-12)14-9-10-18-16-19-13-3-1-2-4-15(13)20(14)16;1-13(2)8-7-11(14)9-3-5-10(12)6-4-9;8-7-9-5-3-1-2-4-6(5)10-7;;/h2*1-10H;3-8H,1-2H3;1-4H,(H3,8,9,10);2*1H4/b;;8-7+;;;. The number of ketones is 1. The summed E-state index contributed by atoms with van der Waals surface area (Å²) in [6.45, 7) is 0. The third kappa shape index (κ3) is 10.9. The summed E-state index contributed by atoms with van der Waals surface area (Å²) in [6, 6.07) is 45.6. The molecule has 0 saturated carbocycles. The monoisotopic (exact) mass is 884 g/mol. The largest absolute Gasteiger partial charge is 0.383 e. The van der Waals surface area contributed by atoms with Crippen molar-refractivity contribution in [3.63, 3.8) is 0 Å². The molecule has 0 aliphatic heterocycles. The molecule has 0 saturated heterocycles. The Morgan fingerprint density at radius 2 is 1.15 bits per heavy atom. The lowest BCUT2D eigenvalue weighted by molar-refractivity contribution is 0.104. The molecule has 332 valence electrons. The number of anilines is 1. The zero-order valence-corrected chi connectivity index (χ0v) is 34.5. The Hall–Kier alpha value is -8.65. The molecule has 5 aromatic heterocycles. The van der Waals surface area contributed by atoms with Crippen molar-refractivity contribution < 1.29 is 18.0 Å². The Morgan fingerprint density at radius 3 is 1.79 bits per heavy atom. The van der Waals surface area contributed by atoms with Crippen LogP contribution < -0.4 is 5.73 Å². The van der Waals surface area contributed by atoms with E-state index in [0.29, 0.717) is 23.1 Å². The average molecular weight is 885 g/mol. The van der Waals surface area contributed by atoms with Gasteiger partial charge in [0.25, 0.3) is 0 Å². The minimum Gasteiger partial charge on any atom is -0.383 e. The maximum absolute atomic E-state index is 13.1. The fraction of sp³-hybridized carbons (Fsp3) is 0.0769. The maximum Gasteiger partial charge on any atom is 0.235 e. The second kappa shape index (κ2) is 21.1. The van der Waals surface area contributed by atoms with Gasteiger partial charge in [0, 0.05) is 49.9 Å². The number of hydrogen-bond donors (Lipinski definition) is 2. The number of para-hydroxylation sites is 6. The summed E-state index contributed by atoms with van der Waals surface area (Å²) >= 11 is 0. The number of nitrogens with one attached hydrogen (secondary N) is 1. The lowest BCUT2D eigenvalue weighted by Crippen LogP contribution is -2.03. The van der Waals surface area contributed by atoms with Gasteiger partial charge in [-0.2, -0.15) is 0 Å². The Bertz CT molecular complexity index is 3350. The number of fused-ring (bicyclic) bond motifs is 7. The number of rotatable bonds is 5. The van der Waals surface area contributed by atoms with Crippen molar-refractivity contribution in [3.8, 4) is 22.5 Å². The molecular formula is C52H47F3N10O. The van der Waals surface area contributed by atoms with Crippen LogP contribution in [0.25, 0.3) is 67.2 Å². The van der Waals surface area contributed by atoms with Crippen LogP contribution in [0.5, 0.6) is 0 Å². The summed E-state index contributed by atoms with van der Waals surface area (Å²) in [5.74, 6) is 0.815. The summed E-state index contributed by atoms with van der Waals surface area (Å²) in [7, 11) is 3.66. The summed E-state index contributed by atoms with van der Waals surface area (Å²) < 4.78 is 42.5. The van der Waals surface area contributed by atoms with E-state index in [4.69, 9.17) is 5.73 Å². The minimum atomic E-state index is -0.335. The van der Waals surface area contributed by atoms with Gasteiger partial charge in [0.15, 0.2) is 11.7 Å². The van der Waals surface area contributed by atoms with E-state index in [1.165, 1.54) is 54.6 Å². The van der Waals surface area contributed by atoms with Gasteiger partial charge in [0.1, 0.15) is 17.5 Å². The predicted octanol–water partition coefficient (Wildman–Crippen LogP) is 11.9. The number of aromatic amines is 1. The molecule has 0 bridgehead atoms. The molecule has 66 heavy (non-hydrogen) atoms. The summed E-state index contributed by atoms with van der Waals surface area (Å²) in [5, 5.41) is 0. The van der Waals surface area contributed by atoms with Gasteiger partial charge in [0.05, 0.1) is 44.5 Å². The van der Waals surface area contributed by atoms with Gasteiger partial charge in [-0.15, -0.1) is 0 Å². The fourth-order valence-corrected chi connectivity index (χ4v) is 6.66. The Morgan fingerprint density at radius 1 is 0.606 bits per heavy atom. The Balaban J connectivity index is 0.000000149. The summed E-state index contributed by atoms with van der Waals surface area (Å²) in [5.41, 5.74) is 15.2. The topological polar surface area (TPSA) is 135 Å². The van der Waals surface area contributed by atoms with Crippen molar-refractivity contribution in [3.05, 3.63) is 205 Å². The highest BCUT2D eigenvalue weighted by atomic mass is 19.1. The molecule has 0 unspecified atom stereocenters. The van der Waals surface area contributed by atoms with Crippen LogP contribution in [0.15, 0.2) is 182 Å². The van der Waals surface area contributed by atoms with E-state index in [2.05, 4.69) is 29.9 Å². The van der Waals surface area contributed by atoms with Crippen LogP contribution in [0.1, 0.15) is 25.2 Å². The number of halogens is 3. The smallest absolute Gasteiger partial charge is 0.235 e. The zero-order chi connectivity index (χ0) is 44.6. The van der Waals surface area contributed by atoms with Crippen LogP contribution >= 0.6 is 0 Å². The van der Waals surface area contributed by atoms with Crippen molar-refractivity contribution >= 4 is 56.4 Å². The van der Waals surface area contributed by atoms with E-state index >= 15 is 0 Å². The molecule has 11 nitrogen and oxygen atoms in total. The highest BCUT2D eigenvalue weighted by Gasteiger charge is 2.11. The first-order valence-corrected chi connectivity index (χ1v) is 19.9.